The van der Waals surface area contributed by atoms with E-state index < -0.39 is 0 Å². The summed E-state index contributed by atoms with van der Waals surface area (Å²) in [5, 5.41) is 7.00. The number of benzene rings is 1. The lowest BCUT2D eigenvalue weighted by atomic mass is 10.2. The Morgan fingerprint density at radius 2 is 1.96 bits per heavy atom. The van der Waals surface area contributed by atoms with Crippen LogP contribution in [-0.2, 0) is 4.74 Å². The highest BCUT2D eigenvalue weighted by Crippen LogP contribution is 2.28. The highest BCUT2D eigenvalue weighted by molar-refractivity contribution is 7.17. The van der Waals surface area contributed by atoms with Gasteiger partial charge in [-0.2, -0.15) is 4.98 Å². The quantitative estimate of drug-likeness (QED) is 0.703. The number of thiophene rings is 1. The average molecular weight is 384 g/mol. The summed E-state index contributed by atoms with van der Waals surface area (Å²) in [6.07, 6.45) is 0. The van der Waals surface area contributed by atoms with E-state index in [-0.39, 0.29) is 5.91 Å². The van der Waals surface area contributed by atoms with Gasteiger partial charge in [-0.3, -0.25) is 9.69 Å². The largest absolute Gasteiger partial charge is 0.379 e. The van der Waals surface area contributed by atoms with Gasteiger partial charge in [0, 0.05) is 31.7 Å². The molecule has 0 radical (unpaired) electrons. The molecule has 3 aromatic rings. The van der Waals surface area contributed by atoms with Crippen molar-refractivity contribution in [2.75, 3.05) is 39.4 Å². The topological polar surface area (TPSA) is 80.5 Å². The molecule has 1 amide bonds. The van der Waals surface area contributed by atoms with Gasteiger partial charge in [0.1, 0.15) is 0 Å². The number of hydrogen-bond donors (Lipinski definition) is 1. The molecule has 3 heterocycles. The Kier molecular flexibility index (Phi) is 5.57. The Morgan fingerprint density at radius 1 is 1.15 bits per heavy atom. The van der Waals surface area contributed by atoms with Crippen molar-refractivity contribution < 1.29 is 14.1 Å². The minimum Gasteiger partial charge on any atom is -0.379 e. The third kappa shape index (κ3) is 4.41. The second-order valence-corrected chi connectivity index (χ2v) is 7.25. The SMILES string of the molecule is O=C(NCCN1CCOCC1)c1ccc(-c2noc(-c3ccccc3)n2)s1. The molecule has 1 saturated heterocycles. The van der Waals surface area contributed by atoms with E-state index in [0.717, 1.165) is 43.3 Å². The first-order chi connectivity index (χ1) is 13.3. The van der Waals surface area contributed by atoms with Crippen LogP contribution >= 0.6 is 11.3 Å². The summed E-state index contributed by atoms with van der Waals surface area (Å²) < 4.78 is 10.7. The number of ether oxygens (including phenoxy) is 1. The van der Waals surface area contributed by atoms with Crippen LogP contribution in [0.15, 0.2) is 47.0 Å². The first-order valence-corrected chi connectivity index (χ1v) is 9.69. The van der Waals surface area contributed by atoms with E-state index in [2.05, 4.69) is 20.4 Å². The van der Waals surface area contributed by atoms with Gasteiger partial charge in [0.2, 0.25) is 5.82 Å². The zero-order valence-corrected chi connectivity index (χ0v) is 15.6. The zero-order valence-electron chi connectivity index (χ0n) is 14.8. The van der Waals surface area contributed by atoms with E-state index in [0.29, 0.717) is 23.1 Å². The maximum absolute atomic E-state index is 12.3. The van der Waals surface area contributed by atoms with E-state index in [9.17, 15) is 4.79 Å². The van der Waals surface area contributed by atoms with Crippen molar-refractivity contribution in [1.29, 1.82) is 0 Å². The van der Waals surface area contributed by atoms with Crippen LogP contribution in [0.1, 0.15) is 9.67 Å². The lowest BCUT2D eigenvalue weighted by Gasteiger charge is -2.26. The van der Waals surface area contributed by atoms with Gasteiger partial charge in [-0.25, -0.2) is 0 Å². The van der Waals surface area contributed by atoms with Gasteiger partial charge in [0.05, 0.1) is 23.0 Å². The number of carbonyl (C=O) groups excluding carboxylic acids is 1. The highest BCUT2D eigenvalue weighted by atomic mass is 32.1. The number of nitrogens with one attached hydrogen (secondary N) is 1. The second kappa shape index (κ2) is 8.43. The van der Waals surface area contributed by atoms with Crippen LogP contribution in [0.25, 0.3) is 22.2 Å². The molecule has 8 heteroatoms. The molecule has 1 aliphatic heterocycles. The van der Waals surface area contributed by atoms with Crippen molar-refractivity contribution >= 4 is 17.2 Å². The summed E-state index contributed by atoms with van der Waals surface area (Å²) in [6, 6.07) is 13.2. The Bertz CT molecular complexity index is 887. The van der Waals surface area contributed by atoms with Gasteiger partial charge in [0.25, 0.3) is 11.8 Å². The van der Waals surface area contributed by atoms with Gasteiger partial charge in [-0.15, -0.1) is 11.3 Å². The molecule has 2 aromatic heterocycles. The number of carbonyl (C=O) groups is 1. The highest BCUT2D eigenvalue weighted by Gasteiger charge is 2.16. The molecule has 0 spiro atoms. The predicted octanol–water partition coefficient (Wildman–Crippen LogP) is 2.53. The Balaban J connectivity index is 1.35. The summed E-state index contributed by atoms with van der Waals surface area (Å²) in [7, 11) is 0. The molecule has 140 valence electrons. The third-order valence-corrected chi connectivity index (χ3v) is 5.39. The first-order valence-electron chi connectivity index (χ1n) is 8.87. The molecule has 0 bridgehead atoms. The molecule has 0 unspecified atom stereocenters. The molecular formula is C19H20N4O3S. The standard InChI is InChI=1S/C19H20N4O3S/c24-18(20-8-9-23-10-12-25-13-11-23)16-7-6-15(27-16)17-21-19(26-22-17)14-4-2-1-3-5-14/h1-7H,8-13H2,(H,20,24). The van der Waals surface area contributed by atoms with Gasteiger partial charge in [-0.1, -0.05) is 23.4 Å². The summed E-state index contributed by atoms with van der Waals surface area (Å²) in [4.78, 5) is 20.5. The second-order valence-electron chi connectivity index (χ2n) is 6.16. The van der Waals surface area contributed by atoms with E-state index in [4.69, 9.17) is 9.26 Å². The molecule has 7 nitrogen and oxygen atoms in total. The zero-order chi connectivity index (χ0) is 18.5. The van der Waals surface area contributed by atoms with Crippen molar-refractivity contribution in [3.8, 4) is 22.2 Å². The minimum absolute atomic E-state index is 0.0775. The fraction of sp³-hybridized carbons (Fsp3) is 0.316. The van der Waals surface area contributed by atoms with Crippen LogP contribution in [0.4, 0.5) is 0 Å². The summed E-state index contributed by atoms with van der Waals surface area (Å²) >= 11 is 1.36. The Labute approximate surface area is 161 Å². The number of hydrogen-bond acceptors (Lipinski definition) is 7. The van der Waals surface area contributed by atoms with Crippen molar-refractivity contribution in [2.45, 2.75) is 0 Å². The average Bonchev–Trinajstić information content (AvgIpc) is 3.39. The normalized spacial score (nSPS) is 15.0. The number of rotatable bonds is 6. The van der Waals surface area contributed by atoms with Crippen LogP contribution in [-0.4, -0.2) is 60.3 Å². The Morgan fingerprint density at radius 3 is 2.78 bits per heavy atom. The van der Waals surface area contributed by atoms with E-state index in [1.54, 1.807) is 6.07 Å². The number of morpholine rings is 1. The first kappa shape index (κ1) is 17.8. The van der Waals surface area contributed by atoms with Crippen LogP contribution < -0.4 is 5.32 Å². The molecule has 1 N–H and O–H groups in total. The monoisotopic (exact) mass is 384 g/mol. The van der Waals surface area contributed by atoms with Crippen LogP contribution in [0, 0.1) is 0 Å². The van der Waals surface area contributed by atoms with Crippen LogP contribution in [0.3, 0.4) is 0 Å². The van der Waals surface area contributed by atoms with Crippen LogP contribution in [0.2, 0.25) is 0 Å². The van der Waals surface area contributed by atoms with E-state index in [1.807, 2.05) is 36.4 Å². The number of amides is 1. The lowest BCUT2D eigenvalue weighted by Crippen LogP contribution is -2.41. The van der Waals surface area contributed by atoms with E-state index in [1.165, 1.54) is 11.3 Å². The summed E-state index contributed by atoms with van der Waals surface area (Å²) in [5.74, 6) is 0.882. The molecule has 0 saturated carbocycles. The molecule has 1 aliphatic rings. The number of nitrogens with zero attached hydrogens (tertiary/aromatic N) is 3. The molecule has 1 aromatic carbocycles. The molecule has 0 atom stereocenters. The third-order valence-electron chi connectivity index (χ3n) is 4.31. The lowest BCUT2D eigenvalue weighted by molar-refractivity contribution is 0.0383. The van der Waals surface area contributed by atoms with Gasteiger partial charge >= 0.3 is 0 Å². The fourth-order valence-corrected chi connectivity index (χ4v) is 3.69. The Hall–Kier alpha value is -2.55. The summed E-state index contributed by atoms with van der Waals surface area (Å²) in [5.41, 5.74) is 0.869. The number of aromatic nitrogens is 2. The van der Waals surface area contributed by atoms with Crippen LogP contribution in [0.5, 0.6) is 0 Å². The molecule has 0 aliphatic carbocycles. The minimum atomic E-state index is -0.0775. The summed E-state index contributed by atoms with van der Waals surface area (Å²) in [6.45, 7) is 4.81. The predicted molar refractivity (Wildman–Crippen MR) is 103 cm³/mol. The van der Waals surface area contributed by atoms with Gasteiger partial charge in [-0.05, 0) is 24.3 Å². The van der Waals surface area contributed by atoms with E-state index >= 15 is 0 Å². The maximum atomic E-state index is 12.3. The van der Waals surface area contributed by atoms with Crippen molar-refractivity contribution in [3.05, 3.63) is 47.3 Å². The van der Waals surface area contributed by atoms with Crippen molar-refractivity contribution in [1.82, 2.24) is 20.4 Å². The van der Waals surface area contributed by atoms with Crippen molar-refractivity contribution in [2.24, 2.45) is 0 Å². The van der Waals surface area contributed by atoms with Gasteiger partial charge < -0.3 is 14.6 Å². The smallest absolute Gasteiger partial charge is 0.261 e. The maximum Gasteiger partial charge on any atom is 0.261 e. The molecule has 1 fully saturated rings. The van der Waals surface area contributed by atoms with Gasteiger partial charge in [0.15, 0.2) is 0 Å². The molecular weight excluding hydrogens is 364 g/mol. The van der Waals surface area contributed by atoms with Crippen molar-refractivity contribution in [3.63, 3.8) is 0 Å². The molecule has 4 rings (SSSR count). The fourth-order valence-electron chi connectivity index (χ4n) is 2.84. The molecule has 27 heavy (non-hydrogen) atoms.